The minimum Gasteiger partial charge on any atom is -0.310 e. The van der Waals surface area contributed by atoms with Gasteiger partial charge in [0.05, 0.1) is 6.33 Å². The molecule has 0 aromatic carbocycles. The maximum absolute atomic E-state index is 4.11. The van der Waals surface area contributed by atoms with Gasteiger partial charge < -0.3 is 4.57 Å². The second kappa shape index (κ2) is 11.7. The minimum absolute atomic E-state index is 1.17. The molecular formula is C18H32N2. The topological polar surface area (TPSA) is 17.8 Å². The summed E-state index contributed by atoms with van der Waals surface area (Å²) in [6, 6.07) is 0. The summed E-state index contributed by atoms with van der Waals surface area (Å²) in [7, 11) is 0. The smallest absolute Gasteiger partial charge is 0.0989 e. The largest absolute Gasteiger partial charge is 0.310 e. The summed E-state index contributed by atoms with van der Waals surface area (Å²) >= 11 is 0. The van der Waals surface area contributed by atoms with Gasteiger partial charge in [0, 0.05) is 18.1 Å². The Labute approximate surface area is 125 Å². The number of imidazole rings is 1. The van der Waals surface area contributed by atoms with Crippen molar-refractivity contribution in [3.8, 4) is 0 Å². The molecule has 0 N–H and O–H groups in total. The molecule has 0 bridgehead atoms. The first-order chi connectivity index (χ1) is 9.88. The van der Waals surface area contributed by atoms with Crippen molar-refractivity contribution in [1.82, 2.24) is 9.55 Å². The molecule has 0 aliphatic carbocycles. The molecule has 0 saturated carbocycles. The summed E-state index contributed by atoms with van der Waals surface area (Å²) in [6.45, 7) is 4.40. The van der Waals surface area contributed by atoms with Crippen LogP contribution in [0.2, 0.25) is 0 Å². The van der Waals surface area contributed by atoms with E-state index in [1.165, 1.54) is 76.3 Å². The van der Waals surface area contributed by atoms with Gasteiger partial charge in [-0.05, 0) is 19.8 Å². The molecule has 0 amide bonds. The average Bonchev–Trinajstić information content (AvgIpc) is 2.99. The first-order valence-corrected chi connectivity index (χ1v) is 8.52. The summed E-state index contributed by atoms with van der Waals surface area (Å²) < 4.78 is 2.13. The van der Waals surface area contributed by atoms with E-state index in [0.29, 0.717) is 0 Å². The molecule has 0 spiro atoms. The van der Waals surface area contributed by atoms with Gasteiger partial charge in [0.25, 0.3) is 0 Å². The maximum atomic E-state index is 4.11. The number of aromatic nitrogens is 2. The van der Waals surface area contributed by atoms with Gasteiger partial charge >= 0.3 is 0 Å². The number of nitrogens with zero attached hydrogens (tertiary/aromatic N) is 2. The third-order valence-corrected chi connectivity index (χ3v) is 3.96. The highest BCUT2D eigenvalue weighted by atomic mass is 15.0. The van der Waals surface area contributed by atoms with Gasteiger partial charge in [-0.25, -0.2) is 4.98 Å². The fourth-order valence-corrected chi connectivity index (χ4v) is 2.65. The van der Waals surface area contributed by atoms with Crippen molar-refractivity contribution in [2.75, 3.05) is 0 Å². The van der Waals surface area contributed by atoms with Crippen LogP contribution in [-0.2, 0) is 0 Å². The molecule has 0 aliphatic heterocycles. The Bertz CT molecular complexity index is 338. The van der Waals surface area contributed by atoms with Crippen molar-refractivity contribution in [3.05, 3.63) is 24.8 Å². The second-order valence-electron chi connectivity index (χ2n) is 5.68. The summed E-state index contributed by atoms with van der Waals surface area (Å²) in [5, 5.41) is 0. The van der Waals surface area contributed by atoms with Gasteiger partial charge in [-0.2, -0.15) is 0 Å². The standard InChI is InChI=1S/C18H32N2/c1-3-5-6-7-8-9-10-11-12-13-14-18(4-2)20-16-15-19-17-20/h4,15-17H,3,5-14H2,1-2H3. The van der Waals surface area contributed by atoms with E-state index in [9.17, 15) is 0 Å². The summed E-state index contributed by atoms with van der Waals surface area (Å²) in [5.74, 6) is 0. The van der Waals surface area contributed by atoms with E-state index >= 15 is 0 Å². The Kier molecular flexibility index (Phi) is 9.99. The second-order valence-corrected chi connectivity index (χ2v) is 5.68. The quantitative estimate of drug-likeness (QED) is 0.425. The van der Waals surface area contributed by atoms with Crippen molar-refractivity contribution in [2.24, 2.45) is 0 Å². The third kappa shape index (κ3) is 7.52. The maximum Gasteiger partial charge on any atom is 0.0989 e. The van der Waals surface area contributed by atoms with Crippen LogP contribution in [0.5, 0.6) is 0 Å². The molecule has 0 atom stereocenters. The number of allylic oxidation sites excluding steroid dienone is 2. The van der Waals surface area contributed by atoms with E-state index in [-0.39, 0.29) is 0 Å². The van der Waals surface area contributed by atoms with Crippen LogP contribution in [0.25, 0.3) is 5.70 Å². The van der Waals surface area contributed by atoms with Gasteiger partial charge in [0.1, 0.15) is 0 Å². The first-order valence-electron chi connectivity index (χ1n) is 8.52. The average molecular weight is 276 g/mol. The minimum atomic E-state index is 1.17. The van der Waals surface area contributed by atoms with Gasteiger partial charge in [-0.1, -0.05) is 70.8 Å². The summed E-state index contributed by atoms with van der Waals surface area (Å²) in [6.07, 6.45) is 23.1. The Morgan fingerprint density at radius 3 is 2.05 bits per heavy atom. The van der Waals surface area contributed by atoms with Crippen LogP contribution >= 0.6 is 0 Å². The van der Waals surface area contributed by atoms with Crippen molar-refractivity contribution in [3.63, 3.8) is 0 Å². The van der Waals surface area contributed by atoms with Crippen LogP contribution in [0.1, 0.15) is 84.5 Å². The zero-order chi connectivity index (χ0) is 14.5. The van der Waals surface area contributed by atoms with Crippen LogP contribution in [0.15, 0.2) is 24.8 Å². The van der Waals surface area contributed by atoms with Gasteiger partial charge in [-0.15, -0.1) is 0 Å². The van der Waals surface area contributed by atoms with E-state index in [0.717, 1.165) is 0 Å². The lowest BCUT2D eigenvalue weighted by atomic mass is 10.1. The molecule has 0 unspecified atom stereocenters. The van der Waals surface area contributed by atoms with Crippen molar-refractivity contribution in [1.29, 1.82) is 0 Å². The molecule has 1 aromatic rings. The zero-order valence-electron chi connectivity index (χ0n) is 13.5. The van der Waals surface area contributed by atoms with E-state index in [4.69, 9.17) is 0 Å². The first kappa shape index (κ1) is 17.0. The molecule has 0 radical (unpaired) electrons. The third-order valence-electron chi connectivity index (χ3n) is 3.96. The molecule has 0 fully saturated rings. The predicted molar refractivity (Wildman–Crippen MR) is 88.6 cm³/mol. The summed E-state index contributed by atoms with van der Waals surface area (Å²) in [5.41, 5.74) is 1.38. The van der Waals surface area contributed by atoms with Gasteiger partial charge in [0.15, 0.2) is 0 Å². The van der Waals surface area contributed by atoms with Crippen molar-refractivity contribution < 1.29 is 0 Å². The molecule has 0 aliphatic rings. The van der Waals surface area contributed by atoms with E-state index < -0.39 is 0 Å². The molecule has 114 valence electrons. The normalized spacial score (nSPS) is 12.0. The highest BCUT2D eigenvalue weighted by molar-refractivity contribution is 5.43. The Morgan fingerprint density at radius 1 is 0.950 bits per heavy atom. The highest BCUT2D eigenvalue weighted by Gasteiger charge is 1.99. The van der Waals surface area contributed by atoms with E-state index in [2.05, 4.69) is 29.5 Å². The molecular weight excluding hydrogens is 244 g/mol. The van der Waals surface area contributed by atoms with E-state index in [1.807, 2.05) is 18.7 Å². The van der Waals surface area contributed by atoms with Crippen LogP contribution in [0.3, 0.4) is 0 Å². The molecule has 1 aromatic heterocycles. The van der Waals surface area contributed by atoms with Gasteiger partial charge in [0.2, 0.25) is 0 Å². The number of hydrogen-bond donors (Lipinski definition) is 0. The van der Waals surface area contributed by atoms with Crippen molar-refractivity contribution in [2.45, 2.75) is 84.5 Å². The van der Waals surface area contributed by atoms with E-state index in [1.54, 1.807) is 0 Å². The fourth-order valence-electron chi connectivity index (χ4n) is 2.65. The molecule has 1 rings (SSSR count). The lowest BCUT2D eigenvalue weighted by Crippen LogP contribution is -1.93. The Morgan fingerprint density at radius 2 is 1.55 bits per heavy atom. The van der Waals surface area contributed by atoms with Gasteiger partial charge in [-0.3, -0.25) is 0 Å². The SMILES string of the molecule is CC=C(CCCCCCCCCCCC)n1ccnc1. The molecule has 2 heteroatoms. The van der Waals surface area contributed by atoms with Crippen LogP contribution in [0.4, 0.5) is 0 Å². The molecule has 0 saturated heterocycles. The molecule has 1 heterocycles. The predicted octanol–water partition coefficient (Wildman–Crippen LogP) is 6.05. The lowest BCUT2D eigenvalue weighted by molar-refractivity contribution is 0.557. The fraction of sp³-hybridized carbons (Fsp3) is 0.722. The number of rotatable bonds is 12. The molecule has 2 nitrogen and oxygen atoms in total. The Balaban J connectivity index is 1.94. The zero-order valence-corrected chi connectivity index (χ0v) is 13.5. The number of hydrogen-bond acceptors (Lipinski definition) is 1. The monoisotopic (exact) mass is 276 g/mol. The molecule has 20 heavy (non-hydrogen) atoms. The number of unbranched alkanes of at least 4 members (excludes halogenated alkanes) is 9. The summed E-state index contributed by atoms with van der Waals surface area (Å²) in [4.78, 5) is 4.11. The van der Waals surface area contributed by atoms with Crippen LogP contribution in [-0.4, -0.2) is 9.55 Å². The van der Waals surface area contributed by atoms with Crippen molar-refractivity contribution >= 4 is 5.70 Å². The Hall–Kier alpha value is -1.05. The highest BCUT2D eigenvalue weighted by Crippen LogP contribution is 2.16. The van der Waals surface area contributed by atoms with Crippen LogP contribution < -0.4 is 0 Å². The lowest BCUT2D eigenvalue weighted by Gasteiger charge is -2.07. The van der Waals surface area contributed by atoms with Crippen LogP contribution in [0, 0.1) is 0 Å².